The van der Waals surface area contributed by atoms with Crippen LogP contribution in [0.5, 0.6) is 0 Å². The Kier molecular flexibility index (Phi) is 5.73. The van der Waals surface area contributed by atoms with Gasteiger partial charge in [0.15, 0.2) is 5.16 Å². The van der Waals surface area contributed by atoms with Gasteiger partial charge in [0.05, 0.1) is 28.9 Å². The topological polar surface area (TPSA) is 64.0 Å². The number of thiophene rings is 1. The molecule has 0 unspecified atom stereocenters. The van der Waals surface area contributed by atoms with Crippen LogP contribution < -0.4 is 10.9 Å². The fourth-order valence-electron chi connectivity index (χ4n) is 2.81. The van der Waals surface area contributed by atoms with Crippen molar-refractivity contribution in [1.29, 1.82) is 0 Å². The highest BCUT2D eigenvalue weighted by molar-refractivity contribution is 7.99. The monoisotopic (exact) mass is 425 g/mol. The van der Waals surface area contributed by atoms with Gasteiger partial charge in [-0.1, -0.05) is 30.0 Å². The second-order valence-corrected chi connectivity index (χ2v) is 8.15. The number of nitrogens with zero attached hydrogens (tertiary/aromatic N) is 2. The van der Waals surface area contributed by atoms with E-state index < -0.39 is 5.82 Å². The summed E-state index contributed by atoms with van der Waals surface area (Å²) in [4.78, 5) is 31.0. The molecule has 4 rings (SSSR count). The molecule has 8 heteroatoms. The molecule has 0 aliphatic rings. The average molecular weight is 426 g/mol. The molecule has 5 nitrogen and oxygen atoms in total. The molecule has 0 aliphatic heterocycles. The number of benzene rings is 2. The Bertz CT molecular complexity index is 1210. The summed E-state index contributed by atoms with van der Waals surface area (Å²) in [5, 5.41) is 5.66. The lowest BCUT2D eigenvalue weighted by Crippen LogP contribution is -2.26. The first-order valence-corrected chi connectivity index (χ1v) is 10.7. The van der Waals surface area contributed by atoms with E-state index in [-0.39, 0.29) is 17.2 Å². The Hall–Kier alpha value is -2.97. The van der Waals surface area contributed by atoms with Gasteiger partial charge in [-0.2, -0.15) is 0 Å². The minimum absolute atomic E-state index is 0.108. The number of hydrogen-bond donors (Lipinski definition) is 1. The minimum atomic E-state index is -0.391. The lowest BCUT2D eigenvalue weighted by Gasteiger charge is -2.13. The van der Waals surface area contributed by atoms with E-state index in [0.717, 1.165) is 4.88 Å². The van der Waals surface area contributed by atoms with Crippen molar-refractivity contribution in [2.75, 3.05) is 5.75 Å². The predicted molar refractivity (Wildman–Crippen MR) is 114 cm³/mol. The van der Waals surface area contributed by atoms with Crippen LogP contribution in [-0.4, -0.2) is 21.2 Å². The van der Waals surface area contributed by atoms with Gasteiger partial charge in [-0.3, -0.25) is 14.2 Å². The lowest BCUT2D eigenvalue weighted by atomic mass is 10.2. The number of rotatable bonds is 6. The summed E-state index contributed by atoms with van der Waals surface area (Å²) in [7, 11) is 0. The second kappa shape index (κ2) is 8.59. The number of hydrogen-bond acceptors (Lipinski definition) is 5. The number of carbonyl (C=O) groups excluding carboxylic acids is 1. The summed E-state index contributed by atoms with van der Waals surface area (Å²) < 4.78 is 14.8. The SMILES string of the molecule is O=C(CSc1nc2ccccc2c(=O)n1-c1ccc(F)cc1)NCc1cccs1. The molecule has 0 spiro atoms. The van der Waals surface area contributed by atoms with Crippen molar-refractivity contribution in [2.45, 2.75) is 11.7 Å². The summed E-state index contributed by atoms with van der Waals surface area (Å²) >= 11 is 2.74. The van der Waals surface area contributed by atoms with Gasteiger partial charge >= 0.3 is 0 Å². The van der Waals surface area contributed by atoms with Gasteiger partial charge in [0.2, 0.25) is 5.91 Å². The van der Waals surface area contributed by atoms with E-state index in [4.69, 9.17) is 0 Å². The highest BCUT2D eigenvalue weighted by Gasteiger charge is 2.15. The Morgan fingerprint density at radius 2 is 1.90 bits per heavy atom. The van der Waals surface area contributed by atoms with Gasteiger partial charge in [0.1, 0.15) is 5.82 Å². The van der Waals surface area contributed by atoms with Crippen molar-refractivity contribution in [1.82, 2.24) is 14.9 Å². The standard InChI is InChI=1S/C21H16FN3O2S2/c22-14-7-9-15(10-8-14)25-20(27)17-5-1-2-6-18(17)24-21(25)29-13-19(26)23-12-16-4-3-11-28-16/h1-11H,12-13H2,(H,23,26). The largest absolute Gasteiger partial charge is 0.350 e. The number of fused-ring (bicyclic) bond motifs is 1. The fourth-order valence-corrected chi connectivity index (χ4v) is 4.29. The number of nitrogens with one attached hydrogen (secondary N) is 1. The van der Waals surface area contributed by atoms with E-state index >= 15 is 0 Å². The minimum Gasteiger partial charge on any atom is -0.350 e. The summed E-state index contributed by atoms with van der Waals surface area (Å²) in [5.41, 5.74) is 0.789. The Labute approximate surface area is 174 Å². The highest BCUT2D eigenvalue weighted by atomic mass is 32.2. The molecule has 0 saturated carbocycles. The third-order valence-electron chi connectivity index (χ3n) is 4.20. The molecule has 0 fully saturated rings. The molecule has 1 amide bonds. The summed E-state index contributed by atoms with van der Waals surface area (Å²) in [6, 6.07) is 16.5. The van der Waals surface area contributed by atoms with Crippen LogP contribution in [0.4, 0.5) is 4.39 Å². The molecule has 2 aromatic heterocycles. The number of amides is 1. The van der Waals surface area contributed by atoms with E-state index in [9.17, 15) is 14.0 Å². The average Bonchev–Trinajstić information content (AvgIpc) is 3.25. The van der Waals surface area contributed by atoms with Crippen LogP contribution in [0.3, 0.4) is 0 Å². The van der Waals surface area contributed by atoms with Crippen molar-refractivity contribution < 1.29 is 9.18 Å². The first-order valence-electron chi connectivity index (χ1n) is 8.81. The fraction of sp³-hybridized carbons (Fsp3) is 0.0952. The summed E-state index contributed by atoms with van der Waals surface area (Å²) in [5.74, 6) is -0.439. The van der Waals surface area contributed by atoms with Gasteiger partial charge in [-0.15, -0.1) is 11.3 Å². The third kappa shape index (κ3) is 4.38. The van der Waals surface area contributed by atoms with E-state index in [1.165, 1.54) is 40.6 Å². The highest BCUT2D eigenvalue weighted by Crippen LogP contribution is 2.21. The van der Waals surface area contributed by atoms with E-state index in [1.807, 2.05) is 17.5 Å². The van der Waals surface area contributed by atoms with Crippen molar-refractivity contribution in [3.8, 4) is 5.69 Å². The van der Waals surface area contributed by atoms with Gasteiger partial charge in [-0.25, -0.2) is 9.37 Å². The maximum absolute atomic E-state index is 13.4. The van der Waals surface area contributed by atoms with Crippen molar-refractivity contribution in [3.05, 3.63) is 87.1 Å². The van der Waals surface area contributed by atoms with Crippen LogP contribution >= 0.6 is 23.1 Å². The zero-order valence-electron chi connectivity index (χ0n) is 15.2. The number of aromatic nitrogens is 2. The molecule has 0 atom stereocenters. The molecule has 29 heavy (non-hydrogen) atoms. The normalized spacial score (nSPS) is 10.9. The van der Waals surface area contributed by atoms with Gasteiger partial charge in [0.25, 0.3) is 5.56 Å². The zero-order valence-corrected chi connectivity index (χ0v) is 16.8. The number of halogens is 1. The van der Waals surface area contributed by atoms with E-state index in [1.54, 1.807) is 35.6 Å². The zero-order chi connectivity index (χ0) is 20.2. The van der Waals surface area contributed by atoms with Crippen molar-refractivity contribution in [3.63, 3.8) is 0 Å². The molecule has 0 aliphatic carbocycles. The summed E-state index contributed by atoms with van der Waals surface area (Å²) in [6.07, 6.45) is 0. The number of thioether (sulfide) groups is 1. The molecule has 2 aromatic carbocycles. The second-order valence-electron chi connectivity index (χ2n) is 6.17. The van der Waals surface area contributed by atoms with Gasteiger partial charge < -0.3 is 5.32 Å². The van der Waals surface area contributed by atoms with Gasteiger partial charge in [0, 0.05) is 4.88 Å². The Morgan fingerprint density at radius 1 is 1.10 bits per heavy atom. The van der Waals surface area contributed by atoms with Crippen LogP contribution in [0.25, 0.3) is 16.6 Å². The molecule has 0 radical (unpaired) electrons. The Morgan fingerprint density at radius 3 is 2.66 bits per heavy atom. The van der Waals surface area contributed by atoms with E-state index in [2.05, 4.69) is 10.3 Å². The molecule has 0 saturated heterocycles. The maximum Gasteiger partial charge on any atom is 0.266 e. The molecular weight excluding hydrogens is 409 g/mol. The summed E-state index contributed by atoms with van der Waals surface area (Å²) in [6.45, 7) is 0.465. The van der Waals surface area contributed by atoms with Crippen LogP contribution in [0.1, 0.15) is 4.88 Å². The van der Waals surface area contributed by atoms with Crippen molar-refractivity contribution >= 4 is 39.9 Å². The van der Waals surface area contributed by atoms with Gasteiger partial charge in [-0.05, 0) is 47.8 Å². The smallest absolute Gasteiger partial charge is 0.266 e. The molecule has 4 aromatic rings. The Balaban J connectivity index is 1.63. The van der Waals surface area contributed by atoms with Crippen LogP contribution in [0.2, 0.25) is 0 Å². The molecular formula is C21H16FN3O2S2. The molecule has 0 bridgehead atoms. The van der Waals surface area contributed by atoms with Crippen LogP contribution in [0.15, 0.2) is 76.0 Å². The van der Waals surface area contributed by atoms with Crippen LogP contribution in [-0.2, 0) is 11.3 Å². The number of carbonyl (C=O) groups is 1. The molecule has 2 heterocycles. The lowest BCUT2D eigenvalue weighted by molar-refractivity contribution is -0.118. The predicted octanol–water partition coefficient (Wildman–Crippen LogP) is 3.99. The van der Waals surface area contributed by atoms with Crippen LogP contribution in [0, 0.1) is 5.82 Å². The van der Waals surface area contributed by atoms with Crippen molar-refractivity contribution in [2.24, 2.45) is 0 Å². The first kappa shape index (κ1) is 19.4. The quantitative estimate of drug-likeness (QED) is 0.375. The molecule has 1 N–H and O–H groups in total. The number of para-hydroxylation sites is 1. The maximum atomic E-state index is 13.4. The first-order chi connectivity index (χ1) is 14.1. The molecule has 146 valence electrons. The third-order valence-corrected chi connectivity index (χ3v) is 6.02. The van der Waals surface area contributed by atoms with E-state index in [0.29, 0.717) is 28.3 Å².